The summed E-state index contributed by atoms with van der Waals surface area (Å²) < 4.78 is 13.4. The molecule has 0 radical (unpaired) electrons. The molecule has 0 spiro atoms. The van der Waals surface area contributed by atoms with E-state index in [1.807, 2.05) is 54.8 Å². The lowest BCUT2D eigenvalue weighted by atomic mass is 9.96. The van der Waals surface area contributed by atoms with Gasteiger partial charge in [-0.2, -0.15) is 0 Å². The second-order valence-corrected chi connectivity index (χ2v) is 10.8. The molecule has 1 aliphatic rings. The number of rotatable bonds is 7. The Balaban J connectivity index is 1.61. The molecule has 2 aromatic carbocycles. The van der Waals surface area contributed by atoms with Crippen molar-refractivity contribution in [1.29, 1.82) is 0 Å². The number of thiazole rings is 1. The summed E-state index contributed by atoms with van der Waals surface area (Å²) in [7, 11) is 0. The number of benzene rings is 2. The molecule has 9 heteroatoms. The molecule has 2 aromatic heterocycles. The van der Waals surface area contributed by atoms with E-state index >= 15 is 0 Å². The number of halogens is 1. The van der Waals surface area contributed by atoms with Crippen LogP contribution in [-0.4, -0.2) is 23.4 Å². The monoisotopic (exact) mass is 562 g/mol. The Kier molecular flexibility index (Phi) is 7.56. The number of carbonyl (C=O) groups is 1. The highest BCUT2D eigenvalue weighted by atomic mass is 35.5. The zero-order chi connectivity index (χ0) is 26.8. The van der Waals surface area contributed by atoms with Gasteiger partial charge in [0.15, 0.2) is 4.80 Å². The standard InChI is InChI=1S/C29H23ClN2O4S2/c1-4-15-35-28(34)25-17(2)31-29-32(26(25)19-7-12-22(37-3)13-8-19)27(33)24(38-29)16-21-11-14-23(36-21)18-5-9-20(30)10-6-18/h4-14,16,26H,1,15H2,2-3H3. The number of hydrogen-bond acceptors (Lipinski definition) is 7. The summed E-state index contributed by atoms with van der Waals surface area (Å²) in [5, 5.41) is 0.641. The number of hydrogen-bond donors (Lipinski definition) is 0. The topological polar surface area (TPSA) is 73.8 Å². The average Bonchev–Trinajstić information content (AvgIpc) is 3.51. The number of carbonyl (C=O) groups excluding carboxylic acids is 1. The first kappa shape index (κ1) is 26.0. The zero-order valence-electron chi connectivity index (χ0n) is 20.6. The number of nitrogens with zero attached hydrogens (tertiary/aromatic N) is 2. The van der Waals surface area contributed by atoms with Gasteiger partial charge in [0.05, 0.1) is 21.8 Å². The Labute approximate surface area is 232 Å². The van der Waals surface area contributed by atoms with Crippen molar-refractivity contribution in [2.75, 3.05) is 12.9 Å². The third-order valence-corrected chi connectivity index (χ3v) is 8.01. The molecule has 0 saturated heterocycles. The number of furan rings is 1. The average molecular weight is 563 g/mol. The van der Waals surface area contributed by atoms with E-state index in [0.717, 1.165) is 16.0 Å². The van der Waals surface area contributed by atoms with E-state index < -0.39 is 12.0 Å². The molecule has 0 saturated carbocycles. The Morgan fingerprint density at radius 1 is 1.18 bits per heavy atom. The maximum Gasteiger partial charge on any atom is 0.338 e. The normalized spacial score (nSPS) is 15.2. The summed E-state index contributed by atoms with van der Waals surface area (Å²) in [4.78, 5) is 33.1. The van der Waals surface area contributed by atoms with Gasteiger partial charge in [0.2, 0.25) is 0 Å². The smallest absolute Gasteiger partial charge is 0.338 e. The van der Waals surface area contributed by atoms with Gasteiger partial charge in [-0.05, 0) is 67.3 Å². The molecule has 5 rings (SSSR count). The van der Waals surface area contributed by atoms with Gasteiger partial charge in [-0.1, -0.05) is 47.7 Å². The van der Waals surface area contributed by atoms with Gasteiger partial charge in [-0.3, -0.25) is 9.36 Å². The van der Waals surface area contributed by atoms with Crippen LogP contribution in [0.5, 0.6) is 0 Å². The third-order valence-electron chi connectivity index (χ3n) is 6.03. The van der Waals surface area contributed by atoms with Crippen molar-refractivity contribution in [1.82, 2.24) is 4.57 Å². The number of allylic oxidation sites excluding steroid dienone is 1. The molecule has 6 nitrogen and oxygen atoms in total. The summed E-state index contributed by atoms with van der Waals surface area (Å²) in [6.45, 7) is 5.44. The van der Waals surface area contributed by atoms with Crippen LogP contribution in [0.15, 0.2) is 104 Å². The molecule has 0 fully saturated rings. The summed E-state index contributed by atoms with van der Waals surface area (Å²) in [6, 6.07) is 18.1. The number of aromatic nitrogens is 1. The predicted molar refractivity (Wildman–Crippen MR) is 152 cm³/mol. The lowest BCUT2D eigenvalue weighted by molar-refractivity contribution is -0.138. The fourth-order valence-corrected chi connectivity index (χ4v) is 5.79. The second kappa shape index (κ2) is 11.0. The van der Waals surface area contributed by atoms with Crippen molar-refractivity contribution in [2.24, 2.45) is 4.99 Å². The van der Waals surface area contributed by atoms with Gasteiger partial charge in [-0.15, -0.1) is 11.8 Å². The van der Waals surface area contributed by atoms with Crippen molar-refractivity contribution < 1.29 is 13.9 Å². The lowest BCUT2D eigenvalue weighted by Crippen LogP contribution is -2.39. The van der Waals surface area contributed by atoms with E-state index in [2.05, 4.69) is 11.6 Å². The van der Waals surface area contributed by atoms with E-state index in [0.29, 0.717) is 37.1 Å². The SMILES string of the molecule is C=CCOC(=O)C1=C(C)N=c2sc(=Cc3ccc(-c4ccc(Cl)cc4)o3)c(=O)n2C1c1ccc(SC)cc1. The van der Waals surface area contributed by atoms with Crippen LogP contribution in [0.1, 0.15) is 24.3 Å². The predicted octanol–water partition coefficient (Wildman–Crippen LogP) is 5.60. The molecule has 1 atom stereocenters. The molecule has 0 aliphatic carbocycles. The largest absolute Gasteiger partial charge is 0.458 e. The summed E-state index contributed by atoms with van der Waals surface area (Å²) in [5.74, 6) is 0.663. The number of esters is 1. The van der Waals surface area contributed by atoms with Crippen LogP contribution in [0.2, 0.25) is 5.02 Å². The van der Waals surface area contributed by atoms with Crippen molar-refractivity contribution in [3.8, 4) is 11.3 Å². The first-order valence-electron chi connectivity index (χ1n) is 11.7. The van der Waals surface area contributed by atoms with E-state index in [1.54, 1.807) is 41.5 Å². The summed E-state index contributed by atoms with van der Waals surface area (Å²) in [6.07, 6.45) is 5.20. The van der Waals surface area contributed by atoms with Crippen molar-refractivity contribution >= 4 is 46.7 Å². The molecule has 0 bridgehead atoms. The van der Waals surface area contributed by atoms with Gasteiger partial charge in [0.1, 0.15) is 18.1 Å². The molecule has 1 unspecified atom stereocenters. The minimum atomic E-state index is -0.678. The van der Waals surface area contributed by atoms with Gasteiger partial charge < -0.3 is 9.15 Å². The van der Waals surface area contributed by atoms with Gasteiger partial charge in [0.25, 0.3) is 5.56 Å². The van der Waals surface area contributed by atoms with Crippen LogP contribution in [-0.2, 0) is 9.53 Å². The van der Waals surface area contributed by atoms with Crippen LogP contribution in [0, 0.1) is 0 Å². The minimum absolute atomic E-state index is 0.0621. The highest BCUT2D eigenvalue weighted by Crippen LogP contribution is 2.32. The zero-order valence-corrected chi connectivity index (χ0v) is 23.0. The summed E-state index contributed by atoms with van der Waals surface area (Å²) in [5.41, 5.74) is 2.24. The molecule has 192 valence electrons. The Morgan fingerprint density at radius 2 is 1.92 bits per heavy atom. The Morgan fingerprint density at radius 3 is 2.61 bits per heavy atom. The molecule has 1 aliphatic heterocycles. The van der Waals surface area contributed by atoms with Gasteiger partial charge in [-0.25, -0.2) is 9.79 Å². The Bertz CT molecular complexity index is 1730. The molecule has 0 N–H and O–H groups in total. The first-order chi connectivity index (χ1) is 18.4. The molecule has 4 aromatic rings. The quantitative estimate of drug-likeness (QED) is 0.166. The van der Waals surface area contributed by atoms with Gasteiger partial charge in [0, 0.05) is 21.6 Å². The Hall–Kier alpha value is -3.59. The molecular formula is C29H23ClN2O4S2. The number of fused-ring (bicyclic) bond motifs is 1. The molecular weight excluding hydrogens is 540 g/mol. The van der Waals surface area contributed by atoms with Crippen LogP contribution >= 0.6 is 34.7 Å². The maximum atomic E-state index is 13.8. The van der Waals surface area contributed by atoms with E-state index in [1.165, 1.54) is 17.4 Å². The van der Waals surface area contributed by atoms with E-state index in [9.17, 15) is 9.59 Å². The highest BCUT2D eigenvalue weighted by Gasteiger charge is 2.33. The summed E-state index contributed by atoms with van der Waals surface area (Å²) >= 11 is 8.86. The van der Waals surface area contributed by atoms with Gasteiger partial charge >= 0.3 is 5.97 Å². The molecule has 38 heavy (non-hydrogen) atoms. The third kappa shape index (κ3) is 5.07. The number of thioether (sulfide) groups is 1. The van der Waals surface area contributed by atoms with Crippen LogP contribution in [0.3, 0.4) is 0 Å². The lowest BCUT2D eigenvalue weighted by Gasteiger charge is -2.24. The molecule has 3 heterocycles. The highest BCUT2D eigenvalue weighted by molar-refractivity contribution is 7.98. The first-order valence-corrected chi connectivity index (χ1v) is 14.1. The maximum absolute atomic E-state index is 13.8. The van der Waals surface area contributed by atoms with Crippen molar-refractivity contribution in [2.45, 2.75) is 17.9 Å². The fourth-order valence-electron chi connectivity index (χ4n) is 4.23. The van der Waals surface area contributed by atoms with E-state index in [4.69, 9.17) is 20.8 Å². The van der Waals surface area contributed by atoms with E-state index in [-0.39, 0.29) is 12.2 Å². The minimum Gasteiger partial charge on any atom is -0.458 e. The van der Waals surface area contributed by atoms with Crippen molar-refractivity contribution in [3.05, 3.63) is 121 Å². The van der Waals surface area contributed by atoms with Crippen LogP contribution < -0.4 is 14.9 Å². The van der Waals surface area contributed by atoms with Crippen molar-refractivity contribution in [3.63, 3.8) is 0 Å². The fraction of sp³-hybridized carbons (Fsp3) is 0.138. The van der Waals surface area contributed by atoms with Crippen LogP contribution in [0.4, 0.5) is 0 Å². The second-order valence-electron chi connectivity index (χ2n) is 8.45. The number of ether oxygens (including phenoxy) is 1. The molecule has 0 amide bonds. The van der Waals surface area contributed by atoms with Crippen LogP contribution in [0.25, 0.3) is 17.4 Å².